The van der Waals surface area contributed by atoms with E-state index in [9.17, 15) is 14.9 Å². The number of aromatic nitrogens is 1. The van der Waals surface area contributed by atoms with Gasteiger partial charge in [-0.25, -0.2) is 4.79 Å². The van der Waals surface area contributed by atoms with Crippen LogP contribution in [-0.4, -0.2) is 43.7 Å². The summed E-state index contributed by atoms with van der Waals surface area (Å²) in [5, 5.41) is 12.5. The molecule has 190 valence electrons. The van der Waals surface area contributed by atoms with E-state index in [1.54, 1.807) is 6.07 Å². The Hall–Kier alpha value is -4.33. The zero-order valence-corrected chi connectivity index (χ0v) is 21.9. The van der Waals surface area contributed by atoms with E-state index in [4.69, 9.17) is 4.74 Å². The molecule has 2 heterocycles. The van der Waals surface area contributed by atoms with Crippen molar-refractivity contribution >= 4 is 33.9 Å². The maximum absolute atomic E-state index is 13.5. The first-order valence-electron chi connectivity index (χ1n) is 12.2. The minimum Gasteiger partial charge on any atom is -0.440 e. The first kappa shape index (κ1) is 24.4. The molecular weight excluding hydrogens is 468 g/mol. The Morgan fingerprint density at radius 1 is 0.973 bits per heavy atom. The van der Waals surface area contributed by atoms with Crippen molar-refractivity contribution in [2.45, 2.75) is 26.0 Å². The summed E-state index contributed by atoms with van der Waals surface area (Å²) >= 11 is 0. The number of fused-ring (bicyclic) bond motifs is 2. The van der Waals surface area contributed by atoms with Crippen LogP contribution in [0.1, 0.15) is 39.7 Å². The number of hydrogen-bond donors (Lipinski definition) is 0. The van der Waals surface area contributed by atoms with Crippen LogP contribution in [0.4, 0.5) is 17.1 Å². The molecule has 0 spiro atoms. The van der Waals surface area contributed by atoms with Gasteiger partial charge in [0.25, 0.3) is 5.69 Å². The number of carbonyl (C=O) groups excluding carboxylic acids is 1. The van der Waals surface area contributed by atoms with Crippen LogP contribution >= 0.6 is 0 Å². The number of para-hydroxylation sites is 1. The maximum Gasteiger partial charge on any atom is 0.340 e. The molecule has 1 aliphatic rings. The molecule has 8 heteroatoms. The van der Waals surface area contributed by atoms with Crippen LogP contribution in [-0.2, 0) is 16.9 Å². The van der Waals surface area contributed by atoms with Crippen LogP contribution in [0.2, 0.25) is 0 Å². The number of non-ortho nitro benzene ring substituents is 1. The van der Waals surface area contributed by atoms with Gasteiger partial charge in [-0.1, -0.05) is 24.3 Å². The molecule has 1 aliphatic heterocycles. The predicted octanol–water partition coefficient (Wildman–Crippen LogP) is 5.47. The highest BCUT2D eigenvalue weighted by molar-refractivity contribution is 6.00. The summed E-state index contributed by atoms with van der Waals surface area (Å²) in [6.45, 7) is 4.87. The van der Waals surface area contributed by atoms with Gasteiger partial charge < -0.3 is 19.1 Å². The van der Waals surface area contributed by atoms with Crippen LogP contribution < -0.4 is 9.80 Å². The van der Waals surface area contributed by atoms with Crippen LogP contribution in [0.5, 0.6) is 0 Å². The number of rotatable bonds is 6. The van der Waals surface area contributed by atoms with Crippen molar-refractivity contribution in [1.29, 1.82) is 0 Å². The number of esters is 1. The van der Waals surface area contributed by atoms with Crippen LogP contribution in [0, 0.1) is 17.0 Å². The van der Waals surface area contributed by atoms with Crippen molar-refractivity contribution in [2.75, 3.05) is 38.0 Å². The van der Waals surface area contributed by atoms with Gasteiger partial charge in [-0.05, 0) is 38.1 Å². The number of anilines is 2. The van der Waals surface area contributed by atoms with Crippen molar-refractivity contribution < 1.29 is 14.5 Å². The third-order valence-electron chi connectivity index (χ3n) is 7.32. The van der Waals surface area contributed by atoms with Crippen molar-refractivity contribution in [3.8, 4) is 0 Å². The highest BCUT2D eigenvalue weighted by atomic mass is 16.6. The van der Waals surface area contributed by atoms with Gasteiger partial charge in [0.2, 0.25) is 0 Å². The minimum atomic E-state index is -1.30. The summed E-state index contributed by atoms with van der Waals surface area (Å²) in [4.78, 5) is 28.6. The fourth-order valence-corrected chi connectivity index (χ4v) is 5.64. The summed E-state index contributed by atoms with van der Waals surface area (Å²) in [6, 6.07) is 18.6. The molecular formula is C29H30N4O4. The first-order valence-corrected chi connectivity index (χ1v) is 12.2. The zero-order valence-electron chi connectivity index (χ0n) is 21.9. The molecule has 37 heavy (non-hydrogen) atoms. The fraction of sp³-hybridized carbons (Fsp3) is 0.276. The number of carbonyl (C=O) groups is 1. The number of nitrogens with zero attached hydrogens (tertiary/aromatic N) is 4. The summed E-state index contributed by atoms with van der Waals surface area (Å²) < 4.78 is 8.66. The third kappa shape index (κ3) is 3.47. The van der Waals surface area contributed by atoms with Crippen molar-refractivity contribution in [2.24, 2.45) is 0 Å². The monoisotopic (exact) mass is 498 g/mol. The molecule has 1 unspecified atom stereocenters. The molecule has 0 fully saturated rings. The van der Waals surface area contributed by atoms with Crippen molar-refractivity contribution in [1.82, 2.24) is 4.57 Å². The van der Waals surface area contributed by atoms with Crippen LogP contribution in [0.15, 0.2) is 60.7 Å². The van der Waals surface area contributed by atoms with E-state index in [1.165, 1.54) is 12.1 Å². The summed E-state index contributed by atoms with van der Waals surface area (Å²) in [5.41, 5.74) is 4.95. The van der Waals surface area contributed by atoms with Gasteiger partial charge in [-0.2, -0.15) is 0 Å². The van der Waals surface area contributed by atoms with Gasteiger partial charge in [0.15, 0.2) is 5.60 Å². The Kier molecular flexibility index (Phi) is 5.70. The highest BCUT2D eigenvalue weighted by Crippen LogP contribution is 2.53. The molecule has 0 saturated carbocycles. The normalized spacial score (nSPS) is 16.5. The average Bonchev–Trinajstić information content (AvgIpc) is 3.33. The number of aryl methyl sites for hydroxylation is 1. The van der Waals surface area contributed by atoms with Gasteiger partial charge in [-0.3, -0.25) is 10.1 Å². The molecule has 0 N–H and O–H groups in total. The molecule has 0 amide bonds. The van der Waals surface area contributed by atoms with Gasteiger partial charge in [0, 0.05) is 91.5 Å². The van der Waals surface area contributed by atoms with E-state index in [0.717, 1.165) is 45.6 Å². The van der Waals surface area contributed by atoms with E-state index >= 15 is 0 Å². The van der Waals surface area contributed by atoms with Crippen LogP contribution in [0.25, 0.3) is 10.9 Å². The molecule has 1 aromatic heterocycles. The molecule has 8 nitrogen and oxygen atoms in total. The second kappa shape index (κ2) is 8.65. The van der Waals surface area contributed by atoms with Gasteiger partial charge >= 0.3 is 5.97 Å². The lowest BCUT2D eigenvalue weighted by Gasteiger charge is -2.34. The Balaban J connectivity index is 1.96. The van der Waals surface area contributed by atoms with E-state index in [2.05, 4.69) is 23.6 Å². The van der Waals surface area contributed by atoms with E-state index in [0.29, 0.717) is 5.56 Å². The summed E-state index contributed by atoms with van der Waals surface area (Å²) in [7, 11) is 7.88. The lowest BCUT2D eigenvalue weighted by Crippen LogP contribution is -2.32. The molecule has 0 radical (unpaired) electrons. The number of nitro benzene ring substituents is 1. The number of hydrogen-bond acceptors (Lipinski definition) is 6. The third-order valence-corrected chi connectivity index (χ3v) is 7.32. The second-order valence-corrected chi connectivity index (χ2v) is 9.77. The van der Waals surface area contributed by atoms with Crippen molar-refractivity contribution in [3.63, 3.8) is 0 Å². The van der Waals surface area contributed by atoms with E-state index < -0.39 is 16.5 Å². The SMILES string of the molecule is CCn1c(C)c(C2(c3ccc(N(C)C)cc3N(C)C)OC(=O)c3cc([N+](=O)[O-])ccc32)c2ccccc21. The number of benzene rings is 3. The standard InChI is InChI=1S/C29H30N4O4/c1-7-32-18(2)27(21-10-8-9-11-25(21)32)29(24-15-12-19(30(3)4)17-26(24)31(5)6)23-14-13-20(33(35)36)16-22(23)28(34)37-29/h8-17H,7H2,1-6H3. The average molecular weight is 499 g/mol. The smallest absolute Gasteiger partial charge is 0.340 e. The molecule has 0 aliphatic carbocycles. The Morgan fingerprint density at radius 3 is 2.32 bits per heavy atom. The number of cyclic esters (lactones) is 1. The lowest BCUT2D eigenvalue weighted by molar-refractivity contribution is -0.384. The number of nitro groups is 1. The molecule has 1 atom stereocenters. The summed E-state index contributed by atoms with van der Waals surface area (Å²) in [6.07, 6.45) is 0. The zero-order chi connectivity index (χ0) is 26.6. The fourth-order valence-electron chi connectivity index (χ4n) is 5.64. The van der Waals surface area contributed by atoms with Crippen molar-refractivity contribution in [3.05, 3.63) is 98.7 Å². The van der Waals surface area contributed by atoms with Crippen LogP contribution in [0.3, 0.4) is 0 Å². The number of ether oxygens (including phenoxy) is 1. The molecule has 5 rings (SSSR count). The highest BCUT2D eigenvalue weighted by Gasteiger charge is 2.52. The quantitative estimate of drug-likeness (QED) is 0.199. The van der Waals surface area contributed by atoms with Gasteiger partial charge in [0.1, 0.15) is 0 Å². The topological polar surface area (TPSA) is 80.8 Å². The minimum absolute atomic E-state index is 0.144. The van der Waals surface area contributed by atoms with E-state index in [1.807, 2.05) is 75.2 Å². The predicted molar refractivity (Wildman–Crippen MR) is 146 cm³/mol. The second-order valence-electron chi connectivity index (χ2n) is 9.77. The van der Waals surface area contributed by atoms with Gasteiger partial charge in [-0.15, -0.1) is 0 Å². The molecule has 3 aromatic carbocycles. The molecule has 0 bridgehead atoms. The Bertz CT molecular complexity index is 1570. The molecule has 4 aromatic rings. The summed E-state index contributed by atoms with van der Waals surface area (Å²) in [5.74, 6) is -0.576. The maximum atomic E-state index is 13.5. The Morgan fingerprint density at radius 2 is 1.68 bits per heavy atom. The molecule has 0 saturated heterocycles. The lowest BCUT2D eigenvalue weighted by atomic mass is 9.77. The largest absolute Gasteiger partial charge is 0.440 e. The van der Waals surface area contributed by atoms with E-state index in [-0.39, 0.29) is 11.3 Å². The first-order chi connectivity index (χ1) is 17.6. The van der Waals surface area contributed by atoms with Gasteiger partial charge in [0.05, 0.1) is 10.5 Å². The Labute approximate surface area is 215 Å².